The highest BCUT2D eigenvalue weighted by Gasteiger charge is 2.20. The molecule has 0 fully saturated rings. The van der Waals surface area contributed by atoms with Crippen LogP contribution in [0.3, 0.4) is 0 Å². The van der Waals surface area contributed by atoms with E-state index in [9.17, 15) is 4.79 Å². The van der Waals surface area contributed by atoms with E-state index in [1.807, 2.05) is 54.6 Å². The molecule has 1 heterocycles. The smallest absolute Gasteiger partial charge is 0.278 e. The Kier molecular flexibility index (Phi) is 5.20. The molecule has 0 radical (unpaired) electrons. The Morgan fingerprint density at radius 3 is 2.48 bits per heavy atom. The molecule has 0 aliphatic rings. The number of aromatic nitrogens is 3. The lowest BCUT2D eigenvalue weighted by Gasteiger charge is -2.08. The van der Waals surface area contributed by atoms with Gasteiger partial charge in [0.2, 0.25) is 0 Å². The van der Waals surface area contributed by atoms with E-state index in [-0.39, 0.29) is 18.2 Å². The minimum Gasteiger partial charge on any atom is -0.378 e. The van der Waals surface area contributed by atoms with Gasteiger partial charge in [-0.15, -0.1) is 5.10 Å². The van der Waals surface area contributed by atoms with Gasteiger partial charge in [-0.1, -0.05) is 42.5 Å². The van der Waals surface area contributed by atoms with Gasteiger partial charge in [-0.2, -0.15) is 0 Å². The molecule has 0 bridgehead atoms. The van der Waals surface area contributed by atoms with Gasteiger partial charge in [-0.25, -0.2) is 4.68 Å². The number of rotatable bonds is 6. The summed E-state index contributed by atoms with van der Waals surface area (Å²) in [4.78, 5) is 12.6. The van der Waals surface area contributed by atoms with E-state index in [4.69, 9.17) is 4.74 Å². The molecule has 0 aliphatic heterocycles. The topological polar surface area (TPSA) is 69.0 Å². The Morgan fingerprint density at radius 2 is 1.84 bits per heavy atom. The van der Waals surface area contributed by atoms with Gasteiger partial charge in [0.25, 0.3) is 5.91 Å². The third kappa shape index (κ3) is 3.75. The number of hydrogen-bond donors (Lipinski definition) is 1. The first kappa shape index (κ1) is 16.9. The molecule has 0 aliphatic carbocycles. The van der Waals surface area contributed by atoms with Crippen molar-refractivity contribution in [2.24, 2.45) is 0 Å². The highest BCUT2D eigenvalue weighted by Crippen LogP contribution is 2.16. The summed E-state index contributed by atoms with van der Waals surface area (Å²) in [6, 6.07) is 17.3. The molecule has 0 saturated carbocycles. The van der Waals surface area contributed by atoms with Crippen molar-refractivity contribution in [2.45, 2.75) is 20.0 Å². The first-order chi connectivity index (χ1) is 12.2. The number of aryl methyl sites for hydroxylation is 1. The van der Waals surface area contributed by atoms with Crippen LogP contribution in [0.2, 0.25) is 0 Å². The lowest BCUT2D eigenvalue weighted by molar-refractivity contribution is 0.101. The third-order valence-corrected chi connectivity index (χ3v) is 3.88. The van der Waals surface area contributed by atoms with Crippen LogP contribution < -0.4 is 5.32 Å². The maximum atomic E-state index is 12.6. The predicted molar refractivity (Wildman–Crippen MR) is 95.8 cm³/mol. The van der Waals surface area contributed by atoms with Gasteiger partial charge in [0.1, 0.15) is 5.69 Å². The van der Waals surface area contributed by atoms with Crippen LogP contribution in [0.25, 0.3) is 5.69 Å². The molecule has 1 N–H and O–H groups in total. The minimum absolute atomic E-state index is 0.236. The summed E-state index contributed by atoms with van der Waals surface area (Å²) in [7, 11) is 1.58. The summed E-state index contributed by atoms with van der Waals surface area (Å²) in [5.41, 5.74) is 3.63. The Balaban J connectivity index is 1.88. The Labute approximate surface area is 146 Å². The zero-order chi connectivity index (χ0) is 17.6. The Bertz CT molecular complexity index is 842. The van der Waals surface area contributed by atoms with Crippen LogP contribution in [0, 0.1) is 0 Å². The van der Waals surface area contributed by atoms with Crippen LogP contribution in [-0.2, 0) is 17.8 Å². The Hall–Kier alpha value is -2.99. The van der Waals surface area contributed by atoms with Gasteiger partial charge in [0.15, 0.2) is 5.69 Å². The van der Waals surface area contributed by atoms with Crippen LogP contribution >= 0.6 is 0 Å². The monoisotopic (exact) mass is 336 g/mol. The van der Waals surface area contributed by atoms with Gasteiger partial charge in [0, 0.05) is 12.8 Å². The van der Waals surface area contributed by atoms with E-state index in [0.29, 0.717) is 5.69 Å². The molecule has 128 valence electrons. The maximum absolute atomic E-state index is 12.6. The third-order valence-electron chi connectivity index (χ3n) is 3.88. The molecular formula is C19H20N4O2. The SMILES string of the molecule is CCc1ccc(NC(=O)c2nnn(-c3ccccc3)c2COC)cc1. The molecule has 0 saturated heterocycles. The molecule has 0 spiro atoms. The first-order valence-electron chi connectivity index (χ1n) is 8.12. The summed E-state index contributed by atoms with van der Waals surface area (Å²) in [5, 5.41) is 11.0. The minimum atomic E-state index is -0.307. The summed E-state index contributed by atoms with van der Waals surface area (Å²) < 4.78 is 6.86. The number of benzene rings is 2. The lowest BCUT2D eigenvalue weighted by atomic mass is 10.1. The molecule has 25 heavy (non-hydrogen) atoms. The van der Waals surface area contributed by atoms with E-state index < -0.39 is 0 Å². The standard InChI is InChI=1S/C19H20N4O2/c1-3-14-9-11-15(12-10-14)20-19(24)18-17(13-25-2)23(22-21-18)16-7-5-4-6-8-16/h4-12H,3,13H2,1-2H3,(H,20,24). The van der Waals surface area contributed by atoms with Crippen molar-refractivity contribution in [1.29, 1.82) is 0 Å². The van der Waals surface area contributed by atoms with Crippen LogP contribution in [0.1, 0.15) is 28.7 Å². The summed E-state index contributed by atoms with van der Waals surface area (Å²) in [6.07, 6.45) is 0.956. The second-order valence-corrected chi connectivity index (χ2v) is 5.57. The largest absolute Gasteiger partial charge is 0.378 e. The first-order valence-corrected chi connectivity index (χ1v) is 8.12. The zero-order valence-corrected chi connectivity index (χ0v) is 14.3. The number of methoxy groups -OCH3 is 1. The molecule has 2 aromatic carbocycles. The van der Waals surface area contributed by atoms with Crippen molar-refractivity contribution < 1.29 is 9.53 Å². The molecule has 6 heteroatoms. The van der Waals surface area contributed by atoms with Crippen molar-refractivity contribution in [3.05, 3.63) is 71.5 Å². The normalized spacial score (nSPS) is 10.6. The molecule has 6 nitrogen and oxygen atoms in total. The summed E-state index contributed by atoms with van der Waals surface area (Å²) in [5.74, 6) is -0.307. The number of nitrogens with one attached hydrogen (secondary N) is 1. The number of anilines is 1. The van der Waals surface area contributed by atoms with E-state index in [0.717, 1.165) is 17.8 Å². The average molecular weight is 336 g/mol. The van der Waals surface area contributed by atoms with Crippen molar-refractivity contribution in [3.63, 3.8) is 0 Å². The van der Waals surface area contributed by atoms with E-state index in [1.54, 1.807) is 11.8 Å². The molecule has 0 unspecified atom stereocenters. The van der Waals surface area contributed by atoms with E-state index >= 15 is 0 Å². The van der Waals surface area contributed by atoms with Crippen LogP contribution in [0.4, 0.5) is 5.69 Å². The van der Waals surface area contributed by atoms with Crippen molar-refractivity contribution >= 4 is 11.6 Å². The van der Waals surface area contributed by atoms with Gasteiger partial charge in [0.05, 0.1) is 12.3 Å². The van der Waals surface area contributed by atoms with Crippen LogP contribution in [-0.4, -0.2) is 28.0 Å². The number of para-hydroxylation sites is 1. The molecule has 1 aromatic heterocycles. The zero-order valence-electron chi connectivity index (χ0n) is 14.3. The number of nitrogens with zero attached hydrogens (tertiary/aromatic N) is 3. The van der Waals surface area contributed by atoms with Gasteiger partial charge >= 0.3 is 0 Å². The summed E-state index contributed by atoms with van der Waals surface area (Å²) in [6.45, 7) is 2.33. The van der Waals surface area contributed by atoms with Crippen LogP contribution in [0.15, 0.2) is 54.6 Å². The fourth-order valence-electron chi connectivity index (χ4n) is 2.53. The Morgan fingerprint density at radius 1 is 1.12 bits per heavy atom. The number of carbonyl (C=O) groups excluding carboxylic acids is 1. The van der Waals surface area contributed by atoms with E-state index in [2.05, 4.69) is 22.6 Å². The molecule has 3 aromatic rings. The fraction of sp³-hybridized carbons (Fsp3) is 0.211. The molecule has 3 rings (SSSR count). The highest BCUT2D eigenvalue weighted by molar-refractivity contribution is 6.03. The quantitative estimate of drug-likeness (QED) is 0.750. The van der Waals surface area contributed by atoms with Crippen LogP contribution in [0.5, 0.6) is 0 Å². The van der Waals surface area contributed by atoms with Gasteiger partial charge < -0.3 is 10.1 Å². The second-order valence-electron chi connectivity index (χ2n) is 5.57. The fourth-order valence-corrected chi connectivity index (χ4v) is 2.53. The number of carbonyl (C=O) groups is 1. The second kappa shape index (κ2) is 7.72. The van der Waals surface area contributed by atoms with Crippen molar-refractivity contribution in [2.75, 3.05) is 12.4 Å². The molecule has 0 atom stereocenters. The lowest BCUT2D eigenvalue weighted by Crippen LogP contribution is -2.16. The van der Waals surface area contributed by atoms with Gasteiger partial charge in [-0.3, -0.25) is 4.79 Å². The number of amides is 1. The van der Waals surface area contributed by atoms with E-state index in [1.165, 1.54) is 5.56 Å². The molecule has 1 amide bonds. The maximum Gasteiger partial charge on any atom is 0.278 e. The molecular weight excluding hydrogens is 316 g/mol. The number of hydrogen-bond acceptors (Lipinski definition) is 4. The highest BCUT2D eigenvalue weighted by atomic mass is 16.5. The van der Waals surface area contributed by atoms with Gasteiger partial charge in [-0.05, 0) is 36.2 Å². The van der Waals surface area contributed by atoms with Crippen molar-refractivity contribution in [3.8, 4) is 5.69 Å². The summed E-state index contributed by atoms with van der Waals surface area (Å²) >= 11 is 0. The average Bonchev–Trinajstić information content (AvgIpc) is 3.07. The predicted octanol–water partition coefficient (Wildman–Crippen LogP) is 3.23. The van der Waals surface area contributed by atoms with Crippen molar-refractivity contribution in [1.82, 2.24) is 15.0 Å². The number of ether oxygens (including phenoxy) is 1.